The molecular weight excluding hydrogens is 408 g/mol. The number of fused-ring (bicyclic) bond motifs is 1. The molecule has 0 radical (unpaired) electrons. The quantitative estimate of drug-likeness (QED) is 0.599. The predicted octanol–water partition coefficient (Wildman–Crippen LogP) is 5.24. The van der Waals surface area contributed by atoms with Crippen LogP contribution in [0.2, 0.25) is 0 Å². The molecule has 1 aliphatic heterocycles. The van der Waals surface area contributed by atoms with Crippen LogP contribution in [0.5, 0.6) is 5.75 Å². The highest BCUT2D eigenvalue weighted by atomic mass is 32.2. The normalized spacial score (nSPS) is 15.5. The third-order valence-corrected chi connectivity index (χ3v) is 6.30. The van der Waals surface area contributed by atoms with Crippen LogP contribution in [-0.4, -0.2) is 30.2 Å². The molecular formula is C25H24N2O3S. The number of anilines is 2. The van der Waals surface area contributed by atoms with Crippen molar-refractivity contribution in [1.82, 2.24) is 0 Å². The largest absolute Gasteiger partial charge is 0.483 e. The van der Waals surface area contributed by atoms with Gasteiger partial charge in [-0.15, -0.1) is 11.8 Å². The topological polar surface area (TPSA) is 58.6 Å². The Hall–Kier alpha value is -3.25. The summed E-state index contributed by atoms with van der Waals surface area (Å²) < 4.78 is 5.83. The van der Waals surface area contributed by atoms with E-state index in [1.165, 1.54) is 0 Å². The second kappa shape index (κ2) is 9.71. The number of hydrogen-bond donors (Lipinski definition) is 1. The second-order valence-electron chi connectivity index (χ2n) is 7.34. The van der Waals surface area contributed by atoms with Crippen LogP contribution in [0.1, 0.15) is 23.7 Å². The molecule has 0 saturated heterocycles. The zero-order valence-corrected chi connectivity index (χ0v) is 18.1. The van der Waals surface area contributed by atoms with Crippen molar-refractivity contribution in [2.75, 3.05) is 23.4 Å². The number of carbonyl (C=O) groups is 2. The first-order valence-corrected chi connectivity index (χ1v) is 11.1. The maximum atomic E-state index is 13.1. The predicted molar refractivity (Wildman–Crippen MR) is 125 cm³/mol. The summed E-state index contributed by atoms with van der Waals surface area (Å²) in [5.74, 6) is -0.0184. The molecule has 0 aliphatic carbocycles. The van der Waals surface area contributed by atoms with E-state index in [4.69, 9.17) is 4.74 Å². The number of nitrogens with zero attached hydrogens (tertiary/aromatic N) is 1. The van der Waals surface area contributed by atoms with E-state index in [1.807, 2.05) is 54.6 Å². The fourth-order valence-electron chi connectivity index (χ4n) is 3.46. The van der Waals surface area contributed by atoms with Gasteiger partial charge in [-0.1, -0.05) is 49.4 Å². The summed E-state index contributed by atoms with van der Waals surface area (Å²) in [6.07, 6.45) is 0.904. The van der Waals surface area contributed by atoms with Crippen molar-refractivity contribution in [3.05, 3.63) is 84.4 Å². The number of thioether (sulfide) groups is 1. The van der Waals surface area contributed by atoms with E-state index in [-0.39, 0.29) is 18.4 Å². The Morgan fingerprint density at radius 3 is 2.55 bits per heavy atom. The molecule has 1 aliphatic rings. The van der Waals surface area contributed by atoms with Crippen molar-refractivity contribution in [2.24, 2.45) is 0 Å². The Bertz CT molecular complexity index is 1070. The van der Waals surface area contributed by atoms with Gasteiger partial charge in [0, 0.05) is 22.4 Å². The summed E-state index contributed by atoms with van der Waals surface area (Å²) in [7, 11) is 0. The van der Waals surface area contributed by atoms with Crippen LogP contribution in [0.15, 0.2) is 83.8 Å². The van der Waals surface area contributed by atoms with E-state index in [1.54, 1.807) is 40.9 Å². The average Bonchev–Trinajstić information content (AvgIpc) is 2.96. The molecule has 0 unspecified atom stereocenters. The molecule has 0 bridgehead atoms. The first kappa shape index (κ1) is 21.0. The average molecular weight is 433 g/mol. The van der Waals surface area contributed by atoms with Crippen LogP contribution in [0.3, 0.4) is 0 Å². The van der Waals surface area contributed by atoms with Crippen molar-refractivity contribution in [2.45, 2.75) is 23.5 Å². The molecule has 0 aromatic heterocycles. The van der Waals surface area contributed by atoms with Gasteiger partial charge in [0.25, 0.3) is 11.8 Å². The van der Waals surface area contributed by atoms with Crippen molar-refractivity contribution < 1.29 is 14.3 Å². The van der Waals surface area contributed by atoms with Crippen molar-refractivity contribution >= 4 is 35.0 Å². The second-order valence-corrected chi connectivity index (χ2v) is 8.82. The molecule has 4 rings (SSSR count). The molecule has 3 aromatic rings. The van der Waals surface area contributed by atoms with E-state index in [9.17, 15) is 9.59 Å². The summed E-state index contributed by atoms with van der Waals surface area (Å²) in [5, 5.41) is 3.29. The fourth-order valence-corrected chi connectivity index (χ4v) is 4.58. The molecule has 0 spiro atoms. The van der Waals surface area contributed by atoms with Gasteiger partial charge in [0.05, 0.1) is 11.3 Å². The van der Waals surface area contributed by atoms with Gasteiger partial charge in [-0.25, -0.2) is 0 Å². The molecule has 158 valence electrons. The highest BCUT2D eigenvalue weighted by Crippen LogP contribution is 2.37. The first-order chi connectivity index (χ1) is 15.1. The summed E-state index contributed by atoms with van der Waals surface area (Å²) in [6.45, 7) is 2.68. The summed E-state index contributed by atoms with van der Waals surface area (Å²) in [6, 6.07) is 24.2. The summed E-state index contributed by atoms with van der Waals surface area (Å²) >= 11 is 1.79. The van der Waals surface area contributed by atoms with Crippen molar-refractivity contribution in [1.29, 1.82) is 0 Å². The summed E-state index contributed by atoms with van der Waals surface area (Å²) in [4.78, 5) is 28.7. The van der Waals surface area contributed by atoms with E-state index in [2.05, 4.69) is 12.2 Å². The maximum Gasteiger partial charge on any atom is 0.264 e. The number of carbonyl (C=O) groups excluding carboxylic acids is 2. The fraction of sp³-hybridized carbons (Fsp3) is 0.200. The highest BCUT2D eigenvalue weighted by molar-refractivity contribution is 8.00. The van der Waals surface area contributed by atoms with Crippen LogP contribution in [-0.2, 0) is 4.79 Å². The van der Waals surface area contributed by atoms with E-state index < -0.39 is 0 Å². The maximum absolute atomic E-state index is 13.1. The molecule has 2 amide bonds. The minimum atomic E-state index is -0.278. The molecule has 1 atom stereocenters. The minimum absolute atomic E-state index is 0.125. The van der Waals surface area contributed by atoms with Crippen LogP contribution >= 0.6 is 11.8 Å². The molecule has 5 nitrogen and oxygen atoms in total. The lowest BCUT2D eigenvalue weighted by Gasteiger charge is -2.23. The highest BCUT2D eigenvalue weighted by Gasteiger charge is 2.24. The number of ether oxygens (including phenoxy) is 1. The molecule has 31 heavy (non-hydrogen) atoms. The number of rotatable bonds is 5. The standard InChI is InChI=1S/C25H24N2O3S/c1-18-15-16-27(21-12-6-8-14-23(21)31-18)24(28)17-30-22-13-7-5-11-20(22)25(29)26-19-9-3-2-4-10-19/h2-14,18H,15-17H2,1H3,(H,26,29)/t18-/m1/s1. The van der Waals surface area contributed by atoms with Crippen LogP contribution in [0.4, 0.5) is 11.4 Å². The zero-order valence-electron chi connectivity index (χ0n) is 17.3. The number of amides is 2. The van der Waals surface area contributed by atoms with Gasteiger partial charge in [0.1, 0.15) is 5.75 Å². The number of nitrogens with one attached hydrogen (secondary N) is 1. The molecule has 0 saturated carbocycles. The van der Waals surface area contributed by atoms with Gasteiger partial charge in [-0.3, -0.25) is 9.59 Å². The Kier molecular flexibility index (Phi) is 6.57. The summed E-state index contributed by atoms with van der Waals surface area (Å²) in [5.41, 5.74) is 2.01. The zero-order chi connectivity index (χ0) is 21.6. The minimum Gasteiger partial charge on any atom is -0.483 e. The lowest BCUT2D eigenvalue weighted by atomic mass is 10.2. The number of para-hydroxylation sites is 3. The van der Waals surface area contributed by atoms with Gasteiger partial charge in [-0.2, -0.15) is 0 Å². The smallest absolute Gasteiger partial charge is 0.264 e. The lowest BCUT2D eigenvalue weighted by Crippen LogP contribution is -2.36. The molecule has 1 heterocycles. The molecule has 3 aromatic carbocycles. The Balaban J connectivity index is 1.47. The molecule has 0 fully saturated rings. The van der Waals surface area contributed by atoms with Gasteiger partial charge in [0.2, 0.25) is 0 Å². The molecule has 1 N–H and O–H groups in total. The van der Waals surface area contributed by atoms with E-state index in [0.29, 0.717) is 28.8 Å². The Morgan fingerprint density at radius 1 is 1.00 bits per heavy atom. The molecule has 6 heteroatoms. The number of benzene rings is 3. The Labute approximate surface area is 186 Å². The van der Waals surface area contributed by atoms with Gasteiger partial charge < -0.3 is 15.0 Å². The van der Waals surface area contributed by atoms with E-state index in [0.717, 1.165) is 17.0 Å². The Morgan fingerprint density at radius 2 is 1.71 bits per heavy atom. The van der Waals surface area contributed by atoms with E-state index >= 15 is 0 Å². The van der Waals surface area contributed by atoms with Gasteiger partial charge >= 0.3 is 0 Å². The van der Waals surface area contributed by atoms with Crippen LogP contribution in [0.25, 0.3) is 0 Å². The third kappa shape index (κ3) is 5.09. The lowest BCUT2D eigenvalue weighted by molar-refractivity contribution is -0.120. The van der Waals surface area contributed by atoms with Gasteiger partial charge in [-0.05, 0) is 42.8 Å². The van der Waals surface area contributed by atoms with Crippen molar-refractivity contribution in [3.63, 3.8) is 0 Å². The van der Waals surface area contributed by atoms with Crippen molar-refractivity contribution in [3.8, 4) is 5.75 Å². The SMILES string of the molecule is C[C@@H]1CCN(C(=O)COc2ccccc2C(=O)Nc2ccccc2)c2ccccc2S1. The number of hydrogen-bond acceptors (Lipinski definition) is 4. The monoisotopic (exact) mass is 432 g/mol. The first-order valence-electron chi connectivity index (χ1n) is 10.3. The van der Waals surface area contributed by atoms with Gasteiger partial charge in [0.15, 0.2) is 6.61 Å². The van der Waals surface area contributed by atoms with Crippen LogP contribution in [0, 0.1) is 0 Å². The van der Waals surface area contributed by atoms with Crippen LogP contribution < -0.4 is 15.0 Å². The third-order valence-electron chi connectivity index (χ3n) is 5.06.